The van der Waals surface area contributed by atoms with Crippen molar-refractivity contribution in [1.29, 1.82) is 0 Å². The second kappa shape index (κ2) is 5.37. The van der Waals surface area contributed by atoms with Gasteiger partial charge in [-0.15, -0.1) is 11.3 Å². The fourth-order valence-corrected chi connectivity index (χ4v) is 3.67. The Morgan fingerprint density at radius 2 is 2.24 bits per heavy atom. The number of hydrogen-bond acceptors (Lipinski definition) is 3. The molecular formula is C17H17N3S. The van der Waals surface area contributed by atoms with Crippen molar-refractivity contribution in [1.82, 2.24) is 9.55 Å². The summed E-state index contributed by atoms with van der Waals surface area (Å²) in [5.74, 6) is 0. The molecular weight excluding hydrogens is 278 g/mol. The van der Waals surface area contributed by atoms with Crippen molar-refractivity contribution in [3.8, 4) is 11.3 Å². The molecule has 4 rings (SSSR count). The molecule has 1 aliphatic heterocycles. The van der Waals surface area contributed by atoms with E-state index in [0.29, 0.717) is 0 Å². The molecule has 0 bridgehead atoms. The number of imidazole rings is 1. The molecule has 21 heavy (non-hydrogen) atoms. The van der Waals surface area contributed by atoms with Crippen molar-refractivity contribution in [2.24, 2.45) is 0 Å². The first-order valence-corrected chi connectivity index (χ1v) is 8.18. The molecule has 0 amide bonds. The Morgan fingerprint density at radius 3 is 3.14 bits per heavy atom. The van der Waals surface area contributed by atoms with Gasteiger partial charge < -0.3 is 9.88 Å². The zero-order valence-electron chi connectivity index (χ0n) is 11.7. The molecule has 0 atom stereocenters. The number of anilines is 1. The van der Waals surface area contributed by atoms with E-state index < -0.39 is 0 Å². The fraction of sp³-hybridized carbons (Fsp3) is 0.235. The van der Waals surface area contributed by atoms with Crippen molar-refractivity contribution < 1.29 is 0 Å². The number of thiophene rings is 1. The van der Waals surface area contributed by atoms with E-state index in [1.807, 2.05) is 12.5 Å². The monoisotopic (exact) mass is 295 g/mol. The Balaban J connectivity index is 1.76. The molecule has 0 radical (unpaired) electrons. The van der Waals surface area contributed by atoms with Gasteiger partial charge in [-0.25, -0.2) is 4.98 Å². The van der Waals surface area contributed by atoms with Gasteiger partial charge in [-0.2, -0.15) is 0 Å². The number of fused-ring (bicyclic) bond motifs is 1. The maximum Gasteiger partial charge on any atom is 0.0954 e. The van der Waals surface area contributed by atoms with Crippen LogP contribution in [0.15, 0.2) is 48.2 Å². The largest absolute Gasteiger partial charge is 0.384 e. The minimum absolute atomic E-state index is 0.886. The van der Waals surface area contributed by atoms with Crippen LogP contribution in [-0.4, -0.2) is 16.1 Å². The highest BCUT2D eigenvalue weighted by Crippen LogP contribution is 2.34. The second-order valence-corrected chi connectivity index (χ2v) is 6.39. The van der Waals surface area contributed by atoms with Gasteiger partial charge in [0.05, 0.1) is 24.8 Å². The molecule has 1 aliphatic rings. The van der Waals surface area contributed by atoms with Crippen LogP contribution in [0.4, 0.5) is 5.69 Å². The zero-order chi connectivity index (χ0) is 14.1. The summed E-state index contributed by atoms with van der Waals surface area (Å²) in [5, 5.41) is 5.69. The molecule has 0 saturated heterocycles. The highest BCUT2D eigenvalue weighted by Gasteiger charge is 2.16. The Labute approximate surface area is 128 Å². The van der Waals surface area contributed by atoms with E-state index in [2.05, 4.69) is 50.6 Å². The molecule has 3 nitrogen and oxygen atoms in total. The quantitative estimate of drug-likeness (QED) is 0.791. The van der Waals surface area contributed by atoms with Gasteiger partial charge in [-0.3, -0.25) is 0 Å². The number of nitrogens with one attached hydrogen (secondary N) is 1. The molecule has 0 aliphatic carbocycles. The Hall–Kier alpha value is -2.07. The van der Waals surface area contributed by atoms with Crippen LogP contribution in [0.2, 0.25) is 0 Å². The van der Waals surface area contributed by atoms with E-state index in [9.17, 15) is 0 Å². The lowest BCUT2D eigenvalue weighted by Crippen LogP contribution is -2.13. The highest BCUT2D eigenvalue weighted by molar-refractivity contribution is 7.09. The van der Waals surface area contributed by atoms with E-state index in [-0.39, 0.29) is 0 Å². The SMILES string of the molecule is c1csc(Cn2cncc2-c2cccc3c2NCCC3)c1. The summed E-state index contributed by atoms with van der Waals surface area (Å²) in [7, 11) is 0. The summed E-state index contributed by atoms with van der Waals surface area (Å²) >= 11 is 1.79. The molecule has 0 unspecified atom stereocenters. The van der Waals surface area contributed by atoms with E-state index in [0.717, 1.165) is 19.5 Å². The second-order valence-electron chi connectivity index (χ2n) is 5.36. The summed E-state index contributed by atoms with van der Waals surface area (Å²) in [6, 6.07) is 10.9. The Bertz CT molecular complexity index is 743. The normalized spacial score (nSPS) is 13.7. The first-order chi connectivity index (χ1) is 10.4. The number of aryl methyl sites for hydroxylation is 1. The number of hydrogen-bond donors (Lipinski definition) is 1. The van der Waals surface area contributed by atoms with Gasteiger partial charge in [0.15, 0.2) is 0 Å². The molecule has 3 heterocycles. The lowest BCUT2D eigenvalue weighted by Gasteiger charge is -2.21. The van der Waals surface area contributed by atoms with Crippen LogP contribution >= 0.6 is 11.3 Å². The topological polar surface area (TPSA) is 29.9 Å². The maximum absolute atomic E-state index is 4.37. The summed E-state index contributed by atoms with van der Waals surface area (Å²) < 4.78 is 2.23. The van der Waals surface area contributed by atoms with Crippen LogP contribution in [0.3, 0.4) is 0 Å². The van der Waals surface area contributed by atoms with Crippen LogP contribution in [0.5, 0.6) is 0 Å². The lowest BCUT2D eigenvalue weighted by molar-refractivity contribution is 0.811. The molecule has 0 saturated carbocycles. The van der Waals surface area contributed by atoms with Crippen LogP contribution in [-0.2, 0) is 13.0 Å². The molecule has 1 aromatic carbocycles. The fourth-order valence-electron chi connectivity index (χ4n) is 2.96. The lowest BCUT2D eigenvalue weighted by atomic mass is 9.98. The predicted molar refractivity (Wildman–Crippen MR) is 87.9 cm³/mol. The van der Waals surface area contributed by atoms with Crippen LogP contribution in [0, 0.1) is 0 Å². The number of rotatable bonds is 3. The minimum atomic E-state index is 0.886. The van der Waals surface area contributed by atoms with Crippen LogP contribution in [0.25, 0.3) is 11.3 Å². The maximum atomic E-state index is 4.37. The van der Waals surface area contributed by atoms with Gasteiger partial charge in [0.1, 0.15) is 0 Å². The average Bonchev–Trinajstić information content (AvgIpc) is 3.19. The number of benzene rings is 1. The average molecular weight is 295 g/mol. The van der Waals surface area contributed by atoms with E-state index >= 15 is 0 Å². The van der Waals surface area contributed by atoms with Crippen molar-refractivity contribution in [2.45, 2.75) is 19.4 Å². The Kier molecular flexibility index (Phi) is 3.24. The third-order valence-corrected chi connectivity index (χ3v) is 4.83. The van der Waals surface area contributed by atoms with Gasteiger partial charge in [0.2, 0.25) is 0 Å². The van der Waals surface area contributed by atoms with Crippen molar-refractivity contribution in [2.75, 3.05) is 11.9 Å². The summed E-state index contributed by atoms with van der Waals surface area (Å²) in [5.41, 5.74) is 5.16. The molecule has 106 valence electrons. The van der Waals surface area contributed by atoms with Crippen LogP contribution in [0.1, 0.15) is 16.9 Å². The first-order valence-electron chi connectivity index (χ1n) is 7.30. The van der Waals surface area contributed by atoms with Crippen molar-refractivity contribution >= 4 is 17.0 Å². The third-order valence-electron chi connectivity index (χ3n) is 3.97. The summed E-state index contributed by atoms with van der Waals surface area (Å²) in [6.07, 6.45) is 6.27. The zero-order valence-corrected chi connectivity index (χ0v) is 12.6. The molecule has 0 spiro atoms. The summed E-state index contributed by atoms with van der Waals surface area (Å²) in [6.45, 7) is 1.94. The van der Waals surface area contributed by atoms with Gasteiger partial charge in [0, 0.05) is 22.7 Å². The van der Waals surface area contributed by atoms with E-state index in [4.69, 9.17) is 0 Å². The smallest absolute Gasteiger partial charge is 0.0954 e. The molecule has 0 fully saturated rings. The molecule has 3 aromatic rings. The third kappa shape index (κ3) is 2.36. The van der Waals surface area contributed by atoms with Gasteiger partial charge in [0.25, 0.3) is 0 Å². The van der Waals surface area contributed by atoms with Gasteiger partial charge >= 0.3 is 0 Å². The summed E-state index contributed by atoms with van der Waals surface area (Å²) in [4.78, 5) is 5.72. The number of aromatic nitrogens is 2. The molecule has 4 heteroatoms. The van der Waals surface area contributed by atoms with Gasteiger partial charge in [-0.1, -0.05) is 24.3 Å². The predicted octanol–water partition coefficient (Wildman–Crippen LogP) is 4.02. The van der Waals surface area contributed by atoms with Crippen molar-refractivity contribution in [3.63, 3.8) is 0 Å². The first kappa shape index (κ1) is 12.7. The van der Waals surface area contributed by atoms with E-state index in [1.54, 1.807) is 11.3 Å². The highest BCUT2D eigenvalue weighted by atomic mass is 32.1. The van der Waals surface area contributed by atoms with E-state index in [1.165, 1.54) is 33.8 Å². The van der Waals surface area contributed by atoms with Crippen molar-refractivity contribution in [3.05, 3.63) is 58.7 Å². The standard InChI is InChI=1S/C17H17N3S/c1-4-13-5-2-8-19-17(13)15(7-1)16-10-18-12-20(16)11-14-6-3-9-21-14/h1,3-4,6-7,9-10,12,19H,2,5,8,11H2. The number of para-hydroxylation sites is 1. The minimum Gasteiger partial charge on any atom is -0.384 e. The number of nitrogens with zero attached hydrogens (tertiary/aromatic N) is 2. The van der Waals surface area contributed by atoms with Crippen LogP contribution < -0.4 is 5.32 Å². The van der Waals surface area contributed by atoms with Gasteiger partial charge in [-0.05, 0) is 29.9 Å². The molecule has 2 aromatic heterocycles. The Morgan fingerprint density at radius 1 is 1.24 bits per heavy atom. The molecule has 1 N–H and O–H groups in total.